The quantitative estimate of drug-likeness (QED) is 0.789. The summed E-state index contributed by atoms with van der Waals surface area (Å²) >= 11 is 0. The summed E-state index contributed by atoms with van der Waals surface area (Å²) in [5, 5.41) is 0. The summed E-state index contributed by atoms with van der Waals surface area (Å²) in [6.07, 6.45) is 3.70. The smallest absolute Gasteiger partial charge is 0.270 e. The fraction of sp³-hybridized carbons (Fsp3) is 0.600. The summed E-state index contributed by atoms with van der Waals surface area (Å²) in [6.45, 7) is 7.33. The van der Waals surface area contributed by atoms with Crippen LogP contribution < -0.4 is 4.57 Å². The van der Waals surface area contributed by atoms with Crippen LogP contribution in [0.4, 0.5) is 10.7 Å². The topological polar surface area (TPSA) is 61.8 Å². The van der Waals surface area contributed by atoms with Gasteiger partial charge in [-0.2, -0.15) is 0 Å². The summed E-state index contributed by atoms with van der Waals surface area (Å²) in [5.74, 6) is 1.09. The fourth-order valence-corrected chi connectivity index (χ4v) is 3.14. The van der Waals surface area contributed by atoms with E-state index in [9.17, 15) is 9.59 Å². The maximum absolute atomic E-state index is 12.8. The second kappa shape index (κ2) is 5.23. The summed E-state index contributed by atoms with van der Waals surface area (Å²) < 4.78 is 3.94. The molecule has 1 unspecified atom stereocenters. The minimum absolute atomic E-state index is 0.174. The van der Waals surface area contributed by atoms with E-state index in [1.165, 1.54) is 9.80 Å². The predicted molar refractivity (Wildman–Crippen MR) is 81.0 cm³/mol. The number of rotatable bonds is 4. The first kappa shape index (κ1) is 14.7. The number of aliphatic imine (C=N–C) groups is 1. The second-order valence-electron chi connectivity index (χ2n) is 5.78. The molecule has 1 saturated heterocycles. The number of amides is 3. The molecule has 3 heterocycles. The molecule has 0 N–H and O–H groups in total. The van der Waals surface area contributed by atoms with Crippen molar-refractivity contribution in [1.29, 1.82) is 0 Å². The van der Waals surface area contributed by atoms with Crippen LogP contribution in [0.25, 0.3) is 0 Å². The molecule has 7 nitrogen and oxygen atoms in total. The Kier molecular flexibility index (Phi) is 3.50. The number of carbonyl (C=O) groups is 2. The van der Waals surface area contributed by atoms with Crippen LogP contribution in [-0.4, -0.2) is 45.7 Å². The van der Waals surface area contributed by atoms with E-state index < -0.39 is 6.04 Å². The number of hydrogen-bond donors (Lipinski definition) is 0. The van der Waals surface area contributed by atoms with Gasteiger partial charge in [0.25, 0.3) is 5.91 Å². The Hall–Kier alpha value is -2.18. The lowest BCUT2D eigenvalue weighted by Crippen LogP contribution is -2.62. The summed E-state index contributed by atoms with van der Waals surface area (Å²) in [6, 6.07) is -0.792. The van der Waals surface area contributed by atoms with Crippen LogP contribution in [0.1, 0.15) is 38.4 Å². The van der Waals surface area contributed by atoms with Crippen LogP contribution in [0.5, 0.6) is 0 Å². The third-order valence-electron chi connectivity index (χ3n) is 4.37. The summed E-state index contributed by atoms with van der Waals surface area (Å²) in [4.78, 5) is 32.6. The Morgan fingerprint density at radius 1 is 1.32 bits per heavy atom. The molecular formula is C15H22N5O2+. The average molecular weight is 304 g/mol. The summed E-state index contributed by atoms with van der Waals surface area (Å²) in [7, 11) is 1.69. The number of imidazole rings is 1. The predicted octanol–water partition coefficient (Wildman–Crippen LogP) is 1.38. The largest absolute Gasteiger partial charge is 0.401 e. The van der Waals surface area contributed by atoms with E-state index >= 15 is 0 Å². The van der Waals surface area contributed by atoms with E-state index in [1.54, 1.807) is 7.05 Å². The van der Waals surface area contributed by atoms with Crippen molar-refractivity contribution in [1.82, 2.24) is 14.4 Å². The van der Waals surface area contributed by atoms with Crippen molar-refractivity contribution in [3.63, 3.8) is 0 Å². The normalized spacial score (nSPS) is 20.4. The number of unbranched alkanes of at least 4 members (excludes halogenated alkanes) is 1. The van der Waals surface area contributed by atoms with Crippen LogP contribution in [0.2, 0.25) is 0 Å². The second-order valence-corrected chi connectivity index (χ2v) is 5.78. The molecule has 0 radical (unpaired) electrons. The van der Waals surface area contributed by atoms with Gasteiger partial charge >= 0.3 is 12.0 Å². The molecule has 0 aromatic carbocycles. The van der Waals surface area contributed by atoms with Gasteiger partial charge in [-0.1, -0.05) is 18.3 Å². The number of aromatic nitrogens is 2. The Morgan fingerprint density at radius 2 is 2.05 bits per heavy atom. The third kappa shape index (κ3) is 1.88. The lowest BCUT2D eigenvalue weighted by molar-refractivity contribution is -0.677. The zero-order chi connectivity index (χ0) is 16.0. The monoisotopic (exact) mass is 304 g/mol. The van der Waals surface area contributed by atoms with Gasteiger partial charge in [-0.3, -0.25) is 14.6 Å². The molecule has 2 aliphatic heterocycles. The molecule has 118 valence electrons. The van der Waals surface area contributed by atoms with E-state index in [-0.39, 0.29) is 11.9 Å². The number of aryl methyl sites for hydroxylation is 1. The molecule has 22 heavy (non-hydrogen) atoms. The Bertz CT molecular complexity index is 676. The number of carbonyl (C=O) groups excluding carboxylic acids is 2. The average Bonchev–Trinajstić information content (AvgIpc) is 2.99. The molecular weight excluding hydrogens is 282 g/mol. The minimum atomic E-state index is -0.513. The van der Waals surface area contributed by atoms with Crippen molar-refractivity contribution in [3.8, 4) is 0 Å². The van der Waals surface area contributed by atoms with Crippen LogP contribution in [0, 0.1) is 6.92 Å². The number of hydrogen-bond acceptors (Lipinski definition) is 3. The first-order valence-electron chi connectivity index (χ1n) is 7.80. The highest BCUT2D eigenvalue weighted by Gasteiger charge is 2.52. The Morgan fingerprint density at radius 3 is 2.68 bits per heavy atom. The number of amidine groups is 1. The maximum atomic E-state index is 12.8. The maximum Gasteiger partial charge on any atom is 0.401 e. The van der Waals surface area contributed by atoms with E-state index in [1.807, 2.05) is 36.1 Å². The Balaban J connectivity index is 2.04. The molecule has 1 atom stereocenters. The van der Waals surface area contributed by atoms with Gasteiger partial charge in [0.2, 0.25) is 11.9 Å². The van der Waals surface area contributed by atoms with Crippen molar-refractivity contribution in [3.05, 3.63) is 11.9 Å². The number of urea groups is 1. The first-order chi connectivity index (χ1) is 10.5. The van der Waals surface area contributed by atoms with Crippen molar-refractivity contribution >= 4 is 23.7 Å². The van der Waals surface area contributed by atoms with Crippen molar-refractivity contribution in [2.75, 3.05) is 13.6 Å². The molecule has 3 rings (SSSR count). The number of nitrogens with zero attached hydrogens (tertiary/aromatic N) is 5. The number of fused-ring (bicyclic) bond motifs is 3. The lowest BCUT2D eigenvalue weighted by atomic mass is 10.1. The van der Waals surface area contributed by atoms with Gasteiger partial charge in [-0.25, -0.2) is 13.9 Å². The molecule has 1 aromatic heterocycles. The number of likely N-dealkylation sites (N-methyl/N-ethyl adjacent to an activating group) is 1. The van der Waals surface area contributed by atoms with E-state index in [0.717, 1.165) is 31.0 Å². The van der Waals surface area contributed by atoms with Gasteiger partial charge in [0.1, 0.15) is 11.9 Å². The van der Waals surface area contributed by atoms with E-state index in [4.69, 9.17) is 0 Å². The molecule has 0 spiro atoms. The van der Waals surface area contributed by atoms with Crippen LogP contribution in [-0.2, 0) is 11.3 Å². The van der Waals surface area contributed by atoms with Gasteiger partial charge in [0, 0.05) is 13.6 Å². The summed E-state index contributed by atoms with van der Waals surface area (Å²) in [5.41, 5.74) is 1.06. The zero-order valence-corrected chi connectivity index (χ0v) is 13.5. The molecule has 1 fully saturated rings. The molecule has 0 bridgehead atoms. The SMILES string of the molecule is CCCCN1C(=O)C2C(=Nc3n(CC)c(C)c[n+]32)N(C)C1=O. The standard InChI is InChI=1S/C15H22N5O2/c1-5-7-8-19-13(21)11-12(17(4)15(19)22)16-14-18(6-2)10(3)9-20(11)14/h9,11H,5-8H2,1-4H3/q+1. The highest BCUT2D eigenvalue weighted by molar-refractivity contribution is 6.19. The van der Waals surface area contributed by atoms with Crippen LogP contribution >= 0.6 is 0 Å². The minimum Gasteiger partial charge on any atom is -0.270 e. The Labute approximate surface area is 129 Å². The molecule has 2 aliphatic rings. The molecule has 0 aliphatic carbocycles. The van der Waals surface area contributed by atoms with Gasteiger partial charge < -0.3 is 0 Å². The highest BCUT2D eigenvalue weighted by Crippen LogP contribution is 2.29. The molecule has 1 aromatic rings. The van der Waals surface area contributed by atoms with Crippen LogP contribution in [0.15, 0.2) is 11.2 Å². The van der Waals surface area contributed by atoms with Crippen molar-refractivity contribution < 1.29 is 14.2 Å². The van der Waals surface area contributed by atoms with Crippen molar-refractivity contribution in [2.24, 2.45) is 4.99 Å². The van der Waals surface area contributed by atoms with Gasteiger partial charge in [-0.15, -0.1) is 0 Å². The molecule has 0 saturated carbocycles. The van der Waals surface area contributed by atoms with Gasteiger partial charge in [0.05, 0.1) is 6.54 Å². The first-order valence-corrected chi connectivity index (χ1v) is 7.80. The van der Waals surface area contributed by atoms with Crippen LogP contribution in [0.3, 0.4) is 0 Å². The van der Waals surface area contributed by atoms with Gasteiger partial charge in [-0.05, 0) is 20.3 Å². The van der Waals surface area contributed by atoms with Gasteiger partial charge in [0.15, 0.2) is 0 Å². The highest BCUT2D eigenvalue weighted by atomic mass is 16.2. The van der Waals surface area contributed by atoms with E-state index in [2.05, 4.69) is 4.99 Å². The number of imide groups is 1. The van der Waals surface area contributed by atoms with E-state index in [0.29, 0.717) is 12.4 Å². The zero-order valence-electron chi connectivity index (χ0n) is 13.5. The molecule has 7 heteroatoms. The fourth-order valence-electron chi connectivity index (χ4n) is 3.14. The third-order valence-corrected chi connectivity index (χ3v) is 4.37. The lowest BCUT2D eigenvalue weighted by Gasteiger charge is -2.33. The van der Waals surface area contributed by atoms with Crippen molar-refractivity contribution in [2.45, 2.75) is 46.2 Å². The molecule has 3 amide bonds.